The van der Waals surface area contributed by atoms with Crippen molar-refractivity contribution in [2.75, 3.05) is 13.7 Å². The second kappa shape index (κ2) is 6.74. The van der Waals surface area contributed by atoms with E-state index < -0.39 is 12.1 Å². The lowest BCUT2D eigenvalue weighted by molar-refractivity contribution is -0.139. The molecule has 2 aromatic rings. The van der Waals surface area contributed by atoms with Crippen molar-refractivity contribution < 1.29 is 19.1 Å². The minimum Gasteiger partial charge on any atom is -0.481 e. The number of hydrogen-bond acceptors (Lipinski definition) is 5. The molecule has 1 aromatic carbocycles. The number of para-hydroxylation sites is 1. The molecule has 1 atom stereocenters. The summed E-state index contributed by atoms with van der Waals surface area (Å²) in [6, 6.07) is 10.9. The van der Waals surface area contributed by atoms with E-state index in [2.05, 4.69) is 9.84 Å². The third-order valence-corrected chi connectivity index (χ3v) is 3.91. The number of benzene rings is 1. The van der Waals surface area contributed by atoms with E-state index in [4.69, 9.17) is 4.74 Å². The summed E-state index contributed by atoms with van der Waals surface area (Å²) in [7, 11) is 1.32. The van der Waals surface area contributed by atoms with E-state index in [0.29, 0.717) is 25.4 Å². The van der Waals surface area contributed by atoms with Crippen LogP contribution in [0.5, 0.6) is 5.75 Å². The van der Waals surface area contributed by atoms with E-state index in [0.717, 1.165) is 5.69 Å². The van der Waals surface area contributed by atoms with E-state index in [9.17, 15) is 9.59 Å². The number of carbonyl (C=O) groups is 2. The summed E-state index contributed by atoms with van der Waals surface area (Å²) in [6.07, 6.45) is -0.582. The SMILES string of the molecule is COC(=O)c1cc2n(n1)CCN(C(=O)[C@H](C)Oc1ccccc1)C2. The highest BCUT2D eigenvalue weighted by Gasteiger charge is 2.27. The molecule has 2 heterocycles. The number of nitrogens with zero attached hydrogens (tertiary/aromatic N) is 3. The Balaban J connectivity index is 1.67. The number of fused-ring (bicyclic) bond motifs is 1. The Labute approximate surface area is 139 Å². The van der Waals surface area contributed by atoms with Gasteiger partial charge >= 0.3 is 5.97 Å². The molecule has 7 heteroatoms. The van der Waals surface area contributed by atoms with Gasteiger partial charge in [0.2, 0.25) is 0 Å². The number of ether oxygens (including phenoxy) is 2. The third-order valence-electron chi connectivity index (χ3n) is 3.91. The zero-order chi connectivity index (χ0) is 17.1. The second-order valence-corrected chi connectivity index (χ2v) is 5.57. The van der Waals surface area contributed by atoms with Crippen LogP contribution in [0, 0.1) is 0 Å². The summed E-state index contributed by atoms with van der Waals surface area (Å²) in [6.45, 7) is 3.19. The Morgan fingerprint density at radius 1 is 1.21 bits per heavy atom. The van der Waals surface area contributed by atoms with Gasteiger partial charge in [-0.1, -0.05) is 18.2 Å². The molecule has 1 aliphatic heterocycles. The van der Waals surface area contributed by atoms with E-state index in [-0.39, 0.29) is 11.6 Å². The molecule has 0 fully saturated rings. The molecule has 0 unspecified atom stereocenters. The van der Waals surface area contributed by atoms with Crippen LogP contribution in [0.25, 0.3) is 0 Å². The van der Waals surface area contributed by atoms with Gasteiger partial charge in [-0.2, -0.15) is 5.10 Å². The molecular weight excluding hydrogens is 310 g/mol. The lowest BCUT2D eigenvalue weighted by atomic mass is 10.2. The minimum absolute atomic E-state index is 0.0917. The average molecular weight is 329 g/mol. The quantitative estimate of drug-likeness (QED) is 0.795. The molecule has 0 N–H and O–H groups in total. The Hall–Kier alpha value is -2.83. The zero-order valence-corrected chi connectivity index (χ0v) is 13.6. The molecule has 0 bridgehead atoms. The fourth-order valence-electron chi connectivity index (χ4n) is 2.67. The fraction of sp³-hybridized carbons (Fsp3) is 0.353. The maximum absolute atomic E-state index is 12.6. The molecule has 0 saturated carbocycles. The van der Waals surface area contributed by atoms with Crippen LogP contribution in [-0.4, -0.2) is 46.3 Å². The topological polar surface area (TPSA) is 73.7 Å². The van der Waals surface area contributed by atoms with Gasteiger partial charge < -0.3 is 14.4 Å². The number of rotatable bonds is 4. The van der Waals surface area contributed by atoms with Crippen LogP contribution < -0.4 is 4.74 Å². The van der Waals surface area contributed by atoms with Crippen LogP contribution in [-0.2, 0) is 22.6 Å². The van der Waals surface area contributed by atoms with Crippen molar-refractivity contribution in [2.24, 2.45) is 0 Å². The summed E-state index contributed by atoms with van der Waals surface area (Å²) in [5.41, 5.74) is 1.07. The predicted molar refractivity (Wildman–Crippen MR) is 85.5 cm³/mol. The molecule has 1 aromatic heterocycles. The molecule has 0 spiro atoms. The molecule has 0 aliphatic carbocycles. The second-order valence-electron chi connectivity index (χ2n) is 5.57. The molecule has 0 radical (unpaired) electrons. The van der Waals surface area contributed by atoms with E-state index >= 15 is 0 Å². The zero-order valence-electron chi connectivity index (χ0n) is 13.6. The van der Waals surface area contributed by atoms with Gasteiger partial charge in [-0.15, -0.1) is 0 Å². The first kappa shape index (κ1) is 16.0. The van der Waals surface area contributed by atoms with Crippen molar-refractivity contribution in [3.8, 4) is 5.75 Å². The van der Waals surface area contributed by atoms with Gasteiger partial charge in [-0.25, -0.2) is 4.79 Å². The van der Waals surface area contributed by atoms with Gasteiger partial charge in [0.1, 0.15) is 5.75 Å². The molecule has 1 amide bonds. The van der Waals surface area contributed by atoms with Gasteiger partial charge in [0.05, 0.1) is 25.9 Å². The largest absolute Gasteiger partial charge is 0.481 e. The van der Waals surface area contributed by atoms with Crippen molar-refractivity contribution in [3.63, 3.8) is 0 Å². The van der Waals surface area contributed by atoms with Gasteiger partial charge in [-0.05, 0) is 25.1 Å². The van der Waals surface area contributed by atoms with Gasteiger partial charge in [0.25, 0.3) is 5.91 Å². The smallest absolute Gasteiger partial charge is 0.358 e. The highest BCUT2D eigenvalue weighted by atomic mass is 16.5. The van der Waals surface area contributed by atoms with Crippen LogP contribution in [0.4, 0.5) is 0 Å². The van der Waals surface area contributed by atoms with E-state index in [1.165, 1.54) is 7.11 Å². The standard InChI is InChI=1S/C17H19N3O4/c1-12(24-14-6-4-3-5-7-14)16(21)19-8-9-20-13(11-19)10-15(18-20)17(22)23-2/h3-7,10,12H,8-9,11H2,1-2H3/t12-/m0/s1. The molecular formula is C17H19N3O4. The van der Waals surface area contributed by atoms with Crippen molar-refractivity contribution in [2.45, 2.75) is 26.1 Å². The molecule has 0 saturated heterocycles. The monoisotopic (exact) mass is 329 g/mol. The summed E-state index contributed by atoms with van der Waals surface area (Å²) in [4.78, 5) is 25.9. The first-order valence-corrected chi connectivity index (χ1v) is 7.74. The highest BCUT2D eigenvalue weighted by Crippen LogP contribution is 2.17. The molecule has 7 nitrogen and oxygen atoms in total. The Bertz CT molecular complexity index is 742. The summed E-state index contributed by atoms with van der Waals surface area (Å²) >= 11 is 0. The number of carbonyl (C=O) groups excluding carboxylic acids is 2. The van der Waals surface area contributed by atoms with E-state index in [1.807, 2.05) is 30.3 Å². The van der Waals surface area contributed by atoms with Crippen LogP contribution in [0.2, 0.25) is 0 Å². The van der Waals surface area contributed by atoms with Crippen LogP contribution >= 0.6 is 0 Å². The average Bonchev–Trinajstić information content (AvgIpc) is 3.04. The van der Waals surface area contributed by atoms with Gasteiger partial charge in [0.15, 0.2) is 11.8 Å². The fourth-order valence-corrected chi connectivity index (χ4v) is 2.67. The Morgan fingerprint density at radius 3 is 2.67 bits per heavy atom. The Kier molecular flexibility index (Phi) is 4.50. The lowest BCUT2D eigenvalue weighted by Gasteiger charge is -2.29. The normalized spacial score (nSPS) is 14.7. The summed E-state index contributed by atoms with van der Waals surface area (Å²) < 4.78 is 12.1. The van der Waals surface area contributed by atoms with Gasteiger partial charge in [-0.3, -0.25) is 9.48 Å². The number of hydrogen-bond donors (Lipinski definition) is 0. The summed E-state index contributed by atoms with van der Waals surface area (Å²) in [5.74, 6) is 0.0925. The number of methoxy groups -OCH3 is 1. The lowest BCUT2D eigenvalue weighted by Crippen LogP contribution is -2.44. The van der Waals surface area contributed by atoms with Crippen LogP contribution in [0.3, 0.4) is 0 Å². The first-order chi connectivity index (χ1) is 11.6. The van der Waals surface area contributed by atoms with E-state index in [1.54, 1.807) is 22.6 Å². The van der Waals surface area contributed by atoms with Gasteiger partial charge in [0, 0.05) is 6.54 Å². The van der Waals surface area contributed by atoms with Crippen molar-refractivity contribution in [1.82, 2.24) is 14.7 Å². The van der Waals surface area contributed by atoms with Crippen molar-refractivity contribution >= 4 is 11.9 Å². The van der Waals surface area contributed by atoms with Crippen LogP contribution in [0.15, 0.2) is 36.4 Å². The molecule has 1 aliphatic rings. The predicted octanol–water partition coefficient (Wildman–Crippen LogP) is 1.48. The summed E-state index contributed by atoms with van der Waals surface area (Å²) in [5, 5.41) is 4.20. The van der Waals surface area contributed by atoms with Crippen molar-refractivity contribution in [3.05, 3.63) is 47.8 Å². The number of esters is 1. The maximum Gasteiger partial charge on any atom is 0.358 e. The number of amides is 1. The minimum atomic E-state index is -0.582. The highest BCUT2D eigenvalue weighted by molar-refractivity contribution is 5.87. The molecule has 24 heavy (non-hydrogen) atoms. The van der Waals surface area contributed by atoms with Crippen LogP contribution in [0.1, 0.15) is 23.1 Å². The first-order valence-electron chi connectivity index (χ1n) is 7.74. The molecule has 126 valence electrons. The maximum atomic E-state index is 12.6. The Morgan fingerprint density at radius 2 is 1.96 bits per heavy atom. The molecule has 3 rings (SSSR count). The van der Waals surface area contributed by atoms with Crippen molar-refractivity contribution in [1.29, 1.82) is 0 Å². The third kappa shape index (κ3) is 3.24. The number of aromatic nitrogens is 2.